The van der Waals surface area contributed by atoms with Crippen LogP contribution in [0, 0.1) is 0 Å². The van der Waals surface area contributed by atoms with Gasteiger partial charge in [-0.3, -0.25) is 0 Å². The van der Waals surface area contributed by atoms with E-state index in [9.17, 15) is 0 Å². The van der Waals surface area contributed by atoms with Crippen LogP contribution < -0.4 is 14.7 Å². The van der Waals surface area contributed by atoms with Crippen LogP contribution in [0.2, 0.25) is 0 Å². The van der Waals surface area contributed by atoms with E-state index in [4.69, 9.17) is 9.47 Å². The molecule has 0 saturated carbocycles. The number of benzene rings is 3. The monoisotopic (exact) mass is 289 g/mol. The quantitative estimate of drug-likeness (QED) is 0.674. The molecule has 3 rings (SSSR count). The largest absolute Gasteiger partial charge is 0.454 e. The molecule has 3 heteroatoms. The molecule has 0 atom stereocenters. The molecule has 0 aliphatic carbocycles. The molecule has 101 valence electrons. The lowest BCUT2D eigenvalue weighted by Crippen LogP contribution is -2.05. The Balaban J connectivity index is 1.88. The summed E-state index contributed by atoms with van der Waals surface area (Å²) in [5.41, 5.74) is 0. The maximum atomic E-state index is 5.94. The minimum absolute atomic E-state index is 0.673. The average Bonchev–Trinajstić information content (AvgIpc) is 2.52. The van der Waals surface area contributed by atoms with Crippen molar-refractivity contribution in [3.63, 3.8) is 0 Å². The van der Waals surface area contributed by atoms with Crippen molar-refractivity contribution in [2.75, 3.05) is 0 Å². The number of para-hydroxylation sites is 4. The van der Waals surface area contributed by atoms with Gasteiger partial charge in [0.1, 0.15) is 11.5 Å². The van der Waals surface area contributed by atoms with Crippen molar-refractivity contribution in [3.05, 3.63) is 78.9 Å². The molecular formula is C18H13O2Si. The number of ether oxygens (including phenoxy) is 2. The molecule has 0 N–H and O–H groups in total. The molecule has 0 unspecified atom stereocenters. The Bertz CT molecular complexity index is 726. The van der Waals surface area contributed by atoms with E-state index in [1.807, 2.05) is 78.9 Å². The van der Waals surface area contributed by atoms with E-state index in [-0.39, 0.29) is 0 Å². The molecule has 0 amide bonds. The predicted octanol–water partition coefficient (Wildman–Crippen LogP) is 4.07. The molecule has 3 aromatic carbocycles. The van der Waals surface area contributed by atoms with Crippen LogP contribution in [0.25, 0.3) is 0 Å². The zero-order valence-electron chi connectivity index (χ0n) is 11.3. The zero-order valence-corrected chi connectivity index (χ0v) is 12.3. The molecule has 0 fully saturated rings. The molecule has 21 heavy (non-hydrogen) atoms. The van der Waals surface area contributed by atoms with Gasteiger partial charge in [-0.1, -0.05) is 48.5 Å². The highest BCUT2D eigenvalue weighted by Gasteiger charge is 2.07. The third-order valence-corrected chi connectivity index (χ3v) is 3.34. The van der Waals surface area contributed by atoms with Crippen molar-refractivity contribution in [2.24, 2.45) is 0 Å². The molecule has 3 radical (unpaired) electrons. The van der Waals surface area contributed by atoms with Crippen molar-refractivity contribution in [1.82, 2.24) is 0 Å². The first-order valence-electron chi connectivity index (χ1n) is 6.63. The Kier molecular flexibility index (Phi) is 4.03. The average molecular weight is 289 g/mol. The first-order chi connectivity index (χ1) is 10.3. The first-order valence-corrected chi connectivity index (χ1v) is 7.13. The molecule has 0 aliphatic heterocycles. The standard InChI is InChI=1S/C18H13O2Si/c21-18-13-7-6-12-17(18)20-16-11-5-4-10-15(16)19-14-8-2-1-3-9-14/h1-13H. The van der Waals surface area contributed by atoms with E-state index in [1.165, 1.54) is 0 Å². The van der Waals surface area contributed by atoms with Gasteiger partial charge in [0.05, 0.1) is 10.2 Å². The smallest absolute Gasteiger partial charge is 0.169 e. The highest BCUT2D eigenvalue weighted by molar-refractivity contribution is 6.34. The minimum atomic E-state index is 0.673. The predicted molar refractivity (Wildman–Crippen MR) is 84.9 cm³/mol. The summed E-state index contributed by atoms with van der Waals surface area (Å²) < 4.78 is 11.8. The lowest BCUT2D eigenvalue weighted by Gasteiger charge is -2.13. The second-order valence-corrected chi connectivity index (χ2v) is 5.00. The van der Waals surface area contributed by atoms with E-state index in [0.29, 0.717) is 11.5 Å². The second kappa shape index (κ2) is 6.28. The van der Waals surface area contributed by atoms with Gasteiger partial charge in [0.15, 0.2) is 11.5 Å². The van der Waals surface area contributed by atoms with Crippen LogP contribution >= 0.6 is 0 Å². The molecule has 0 spiro atoms. The summed E-state index contributed by atoms with van der Waals surface area (Å²) in [6.45, 7) is 0. The van der Waals surface area contributed by atoms with Gasteiger partial charge in [-0.05, 0) is 35.5 Å². The van der Waals surface area contributed by atoms with Crippen LogP contribution in [0.15, 0.2) is 78.9 Å². The zero-order chi connectivity index (χ0) is 14.5. The Morgan fingerprint density at radius 1 is 0.524 bits per heavy atom. The molecule has 0 bridgehead atoms. The fourth-order valence-electron chi connectivity index (χ4n) is 1.91. The van der Waals surface area contributed by atoms with E-state index in [2.05, 4.69) is 10.2 Å². The van der Waals surface area contributed by atoms with Crippen molar-refractivity contribution in [1.29, 1.82) is 0 Å². The summed E-state index contributed by atoms with van der Waals surface area (Å²) in [6, 6.07) is 25.0. The van der Waals surface area contributed by atoms with Crippen LogP contribution in [0.3, 0.4) is 0 Å². The van der Waals surface area contributed by atoms with Gasteiger partial charge in [-0.15, -0.1) is 0 Å². The van der Waals surface area contributed by atoms with Crippen LogP contribution in [0.4, 0.5) is 0 Å². The van der Waals surface area contributed by atoms with Gasteiger partial charge in [0, 0.05) is 0 Å². The SMILES string of the molecule is [Si]c1ccccc1Oc1ccccc1Oc1ccccc1. The van der Waals surface area contributed by atoms with E-state index in [0.717, 1.165) is 16.7 Å². The van der Waals surface area contributed by atoms with Gasteiger partial charge in [0.2, 0.25) is 0 Å². The number of hydrogen-bond acceptors (Lipinski definition) is 2. The Morgan fingerprint density at radius 2 is 1.05 bits per heavy atom. The molecule has 3 aromatic rings. The third kappa shape index (κ3) is 3.33. The fourth-order valence-corrected chi connectivity index (χ4v) is 2.14. The summed E-state index contributed by atoms with van der Waals surface area (Å²) in [6.07, 6.45) is 0. The lowest BCUT2D eigenvalue weighted by molar-refractivity contribution is 0.420. The molecule has 2 nitrogen and oxygen atoms in total. The van der Waals surface area contributed by atoms with Crippen LogP contribution in [0.1, 0.15) is 0 Å². The topological polar surface area (TPSA) is 18.5 Å². The van der Waals surface area contributed by atoms with Gasteiger partial charge >= 0.3 is 0 Å². The Labute approximate surface area is 127 Å². The molecule has 0 saturated heterocycles. The van der Waals surface area contributed by atoms with Crippen LogP contribution in [0.5, 0.6) is 23.0 Å². The summed E-state index contributed by atoms with van der Waals surface area (Å²) in [5, 5.41) is 0.895. The summed E-state index contributed by atoms with van der Waals surface area (Å²) in [7, 11) is 3.53. The maximum absolute atomic E-state index is 5.94. The molecule has 0 aliphatic rings. The Hall–Kier alpha value is -2.52. The van der Waals surface area contributed by atoms with Crippen molar-refractivity contribution in [2.45, 2.75) is 0 Å². The normalized spacial score (nSPS) is 10.1. The second-order valence-electron chi connectivity index (χ2n) is 4.46. The fraction of sp³-hybridized carbons (Fsp3) is 0. The first kappa shape index (κ1) is 13.5. The van der Waals surface area contributed by atoms with Crippen molar-refractivity contribution < 1.29 is 9.47 Å². The van der Waals surface area contributed by atoms with Crippen LogP contribution in [-0.4, -0.2) is 10.2 Å². The van der Waals surface area contributed by atoms with Gasteiger partial charge in [-0.25, -0.2) is 0 Å². The van der Waals surface area contributed by atoms with Crippen LogP contribution in [-0.2, 0) is 0 Å². The number of rotatable bonds is 4. The minimum Gasteiger partial charge on any atom is -0.454 e. The highest BCUT2D eigenvalue weighted by atomic mass is 28.1. The third-order valence-electron chi connectivity index (χ3n) is 2.93. The van der Waals surface area contributed by atoms with Gasteiger partial charge < -0.3 is 9.47 Å². The van der Waals surface area contributed by atoms with Gasteiger partial charge in [0.25, 0.3) is 0 Å². The van der Waals surface area contributed by atoms with E-state index >= 15 is 0 Å². The summed E-state index contributed by atoms with van der Waals surface area (Å²) >= 11 is 0. The highest BCUT2D eigenvalue weighted by Crippen LogP contribution is 2.33. The Morgan fingerprint density at radius 3 is 1.71 bits per heavy atom. The lowest BCUT2D eigenvalue weighted by atomic mass is 10.3. The van der Waals surface area contributed by atoms with E-state index in [1.54, 1.807) is 0 Å². The molecule has 0 heterocycles. The molecular weight excluding hydrogens is 276 g/mol. The van der Waals surface area contributed by atoms with Crippen molar-refractivity contribution >= 4 is 15.4 Å². The maximum Gasteiger partial charge on any atom is 0.169 e. The summed E-state index contributed by atoms with van der Waals surface area (Å²) in [4.78, 5) is 0. The van der Waals surface area contributed by atoms with Gasteiger partial charge in [-0.2, -0.15) is 0 Å². The molecule has 0 aromatic heterocycles. The van der Waals surface area contributed by atoms with Crippen molar-refractivity contribution in [3.8, 4) is 23.0 Å². The number of hydrogen-bond donors (Lipinski definition) is 0. The summed E-state index contributed by atoms with van der Waals surface area (Å²) in [5.74, 6) is 2.88. The van der Waals surface area contributed by atoms with E-state index < -0.39 is 0 Å².